The first-order valence-corrected chi connectivity index (χ1v) is 10.0. The van der Waals surface area contributed by atoms with Gasteiger partial charge in [-0.1, -0.05) is 6.92 Å². The van der Waals surface area contributed by atoms with Crippen LogP contribution in [0.2, 0.25) is 0 Å². The Kier molecular flexibility index (Phi) is 7.55. The van der Waals surface area contributed by atoms with Crippen molar-refractivity contribution in [3.8, 4) is 11.5 Å². The van der Waals surface area contributed by atoms with Crippen LogP contribution in [0.5, 0.6) is 11.5 Å². The van der Waals surface area contributed by atoms with Crippen LogP contribution in [0.15, 0.2) is 23.4 Å². The van der Waals surface area contributed by atoms with Gasteiger partial charge in [0.1, 0.15) is 0 Å². The molecule has 9 heteroatoms. The van der Waals surface area contributed by atoms with Crippen LogP contribution in [0.1, 0.15) is 52.6 Å². The quantitative estimate of drug-likeness (QED) is 0.365. The fourth-order valence-electron chi connectivity index (χ4n) is 3.39. The Labute approximate surface area is 176 Å². The van der Waals surface area contributed by atoms with E-state index in [0.29, 0.717) is 42.4 Å². The summed E-state index contributed by atoms with van der Waals surface area (Å²) in [6, 6.07) is 2.49. The smallest absolute Gasteiger partial charge is 0.315 e. The van der Waals surface area contributed by atoms with Crippen molar-refractivity contribution >= 4 is 28.8 Å². The third-order valence-electron chi connectivity index (χ3n) is 4.63. The second-order valence-electron chi connectivity index (χ2n) is 6.59. The van der Waals surface area contributed by atoms with Crippen LogP contribution in [0.4, 0.5) is 5.69 Å². The van der Waals surface area contributed by atoms with Crippen molar-refractivity contribution in [1.29, 1.82) is 0 Å². The zero-order valence-corrected chi connectivity index (χ0v) is 18.2. The lowest BCUT2D eigenvalue weighted by molar-refractivity contribution is -0.386. The van der Waals surface area contributed by atoms with Crippen molar-refractivity contribution in [2.24, 2.45) is 0 Å². The summed E-state index contributed by atoms with van der Waals surface area (Å²) >= 11 is 5.45. The van der Waals surface area contributed by atoms with Gasteiger partial charge < -0.3 is 19.7 Å². The molecule has 1 atom stereocenters. The maximum atomic E-state index is 12.4. The molecule has 2 rings (SSSR count). The molecule has 0 aliphatic carbocycles. The molecule has 0 aromatic heterocycles. The number of nitro groups is 1. The summed E-state index contributed by atoms with van der Waals surface area (Å²) in [6.45, 7) is 10.2. The molecule has 1 unspecified atom stereocenters. The molecule has 8 nitrogen and oxygen atoms in total. The minimum atomic E-state index is -0.610. The van der Waals surface area contributed by atoms with Crippen molar-refractivity contribution in [2.75, 3.05) is 19.8 Å². The van der Waals surface area contributed by atoms with E-state index in [2.05, 4.69) is 5.32 Å². The number of nitrogens with zero attached hydrogens (tertiary/aromatic N) is 2. The number of carbonyl (C=O) groups excluding carboxylic acids is 1. The van der Waals surface area contributed by atoms with Crippen molar-refractivity contribution < 1.29 is 19.2 Å². The maximum absolute atomic E-state index is 12.4. The summed E-state index contributed by atoms with van der Waals surface area (Å²) in [5.74, 6) is 0.241. The number of nitrogens with one attached hydrogen (secondary N) is 1. The van der Waals surface area contributed by atoms with Crippen molar-refractivity contribution in [3.05, 3.63) is 39.1 Å². The monoisotopic (exact) mass is 421 g/mol. The Bertz CT molecular complexity index is 853. The summed E-state index contributed by atoms with van der Waals surface area (Å²) in [5.41, 5.74) is 1.57. The average molecular weight is 422 g/mol. The third-order valence-corrected chi connectivity index (χ3v) is 4.97. The SMILES string of the molecule is CCCOc1c(OCC)cc(C2NC(=S)N(CC)C(C)=C2C(C)=O)cc1[N+](=O)[O-]. The Balaban J connectivity index is 2.69. The standard InChI is InChI=1S/C20H27N3O5S/c1-6-9-28-19-15(23(25)26)10-14(11-16(19)27-8-3)18-17(13(5)24)12(4)22(7-2)20(29)21-18/h10-11,18H,6-9H2,1-5H3,(H,21,29). The molecule has 1 aromatic carbocycles. The first kappa shape index (κ1) is 22.6. The van der Waals surface area contributed by atoms with Crippen molar-refractivity contribution in [1.82, 2.24) is 10.2 Å². The highest BCUT2D eigenvalue weighted by Crippen LogP contribution is 2.42. The van der Waals surface area contributed by atoms with E-state index in [4.69, 9.17) is 21.7 Å². The predicted molar refractivity (Wildman–Crippen MR) is 114 cm³/mol. The second kappa shape index (κ2) is 9.69. The number of thiocarbonyl (C=S) groups is 1. The van der Waals surface area contributed by atoms with E-state index in [-0.39, 0.29) is 23.0 Å². The van der Waals surface area contributed by atoms with Gasteiger partial charge in [-0.05, 0) is 58.0 Å². The fraction of sp³-hybridized carbons (Fsp3) is 0.500. The molecule has 0 amide bonds. The van der Waals surface area contributed by atoms with Gasteiger partial charge in [-0.2, -0.15) is 0 Å². The van der Waals surface area contributed by atoms with E-state index in [9.17, 15) is 14.9 Å². The molecule has 0 radical (unpaired) electrons. The summed E-state index contributed by atoms with van der Waals surface area (Å²) in [6.07, 6.45) is 0.701. The number of benzene rings is 1. The molecule has 1 aliphatic heterocycles. The molecule has 1 heterocycles. The van der Waals surface area contributed by atoms with Crippen LogP contribution in [0.3, 0.4) is 0 Å². The molecule has 1 aromatic rings. The minimum absolute atomic E-state index is 0.0982. The number of Topliss-reactive ketones (excluding diaryl/α,β-unsaturated/α-hetero) is 1. The van der Waals surface area contributed by atoms with E-state index >= 15 is 0 Å². The molecule has 0 fully saturated rings. The van der Waals surface area contributed by atoms with E-state index in [1.165, 1.54) is 13.0 Å². The second-order valence-corrected chi connectivity index (χ2v) is 6.97. The summed E-state index contributed by atoms with van der Waals surface area (Å²) in [7, 11) is 0. The molecule has 0 spiro atoms. The van der Waals surface area contributed by atoms with E-state index in [1.807, 2.05) is 25.7 Å². The van der Waals surface area contributed by atoms with Crippen molar-refractivity contribution in [2.45, 2.75) is 47.1 Å². The van der Waals surface area contributed by atoms with Gasteiger partial charge in [-0.3, -0.25) is 14.9 Å². The van der Waals surface area contributed by atoms with Crippen LogP contribution in [0.25, 0.3) is 0 Å². The molecule has 0 bridgehead atoms. The number of ether oxygens (including phenoxy) is 2. The lowest BCUT2D eigenvalue weighted by Crippen LogP contribution is -2.47. The maximum Gasteiger partial charge on any atom is 0.315 e. The van der Waals surface area contributed by atoms with Gasteiger partial charge in [0.15, 0.2) is 16.6 Å². The summed E-state index contributed by atoms with van der Waals surface area (Å²) in [5, 5.41) is 15.4. The molecular weight excluding hydrogens is 394 g/mol. The molecule has 29 heavy (non-hydrogen) atoms. The molecule has 158 valence electrons. The lowest BCUT2D eigenvalue weighted by Gasteiger charge is -2.37. The Morgan fingerprint density at radius 2 is 2.00 bits per heavy atom. The number of ketones is 1. The highest BCUT2D eigenvalue weighted by molar-refractivity contribution is 7.80. The first-order valence-electron chi connectivity index (χ1n) is 9.64. The Morgan fingerprint density at radius 1 is 1.31 bits per heavy atom. The number of nitro benzene ring substituents is 1. The Hall–Kier alpha value is -2.68. The molecule has 1 aliphatic rings. The minimum Gasteiger partial charge on any atom is -0.490 e. The lowest BCUT2D eigenvalue weighted by atomic mass is 9.92. The predicted octanol–water partition coefficient (Wildman–Crippen LogP) is 3.90. The molecular formula is C20H27N3O5S. The van der Waals surface area contributed by atoms with Crippen LogP contribution >= 0.6 is 12.2 Å². The normalized spacial score (nSPS) is 16.5. The summed E-state index contributed by atoms with van der Waals surface area (Å²) < 4.78 is 11.3. The molecule has 1 N–H and O–H groups in total. The van der Waals surface area contributed by atoms with E-state index in [0.717, 1.165) is 5.70 Å². The van der Waals surface area contributed by atoms with Gasteiger partial charge in [0, 0.05) is 23.9 Å². The van der Waals surface area contributed by atoms with Crippen LogP contribution in [-0.4, -0.2) is 40.5 Å². The van der Waals surface area contributed by atoms with E-state index in [1.54, 1.807) is 13.0 Å². The van der Waals surface area contributed by atoms with Gasteiger partial charge in [0.25, 0.3) is 0 Å². The largest absolute Gasteiger partial charge is 0.490 e. The van der Waals surface area contributed by atoms with E-state index < -0.39 is 11.0 Å². The van der Waals surface area contributed by atoms with Gasteiger partial charge >= 0.3 is 5.69 Å². The topological polar surface area (TPSA) is 93.9 Å². The number of hydrogen-bond acceptors (Lipinski definition) is 6. The number of carbonyl (C=O) groups is 1. The Morgan fingerprint density at radius 3 is 2.52 bits per heavy atom. The van der Waals surface area contributed by atoms with Gasteiger partial charge in [-0.25, -0.2) is 0 Å². The van der Waals surface area contributed by atoms with Crippen LogP contribution < -0.4 is 14.8 Å². The van der Waals surface area contributed by atoms with Gasteiger partial charge in [-0.15, -0.1) is 0 Å². The molecule has 0 saturated carbocycles. The first-order chi connectivity index (χ1) is 13.8. The van der Waals surface area contributed by atoms with Gasteiger partial charge in [0.2, 0.25) is 5.75 Å². The number of rotatable bonds is 9. The summed E-state index contributed by atoms with van der Waals surface area (Å²) in [4.78, 5) is 25.5. The van der Waals surface area contributed by atoms with Crippen molar-refractivity contribution in [3.63, 3.8) is 0 Å². The third kappa shape index (κ3) is 4.67. The highest BCUT2D eigenvalue weighted by Gasteiger charge is 2.34. The zero-order valence-electron chi connectivity index (χ0n) is 17.4. The fourth-order valence-corrected chi connectivity index (χ4v) is 3.78. The highest BCUT2D eigenvalue weighted by atomic mass is 32.1. The molecule has 0 saturated heterocycles. The van der Waals surface area contributed by atoms with Crippen LogP contribution in [-0.2, 0) is 4.79 Å². The number of allylic oxidation sites excluding steroid dienone is 1. The average Bonchev–Trinajstić information content (AvgIpc) is 2.66. The van der Waals surface area contributed by atoms with Gasteiger partial charge in [0.05, 0.1) is 24.2 Å². The number of hydrogen-bond donors (Lipinski definition) is 1. The zero-order chi connectivity index (χ0) is 21.7. The van der Waals surface area contributed by atoms with Crippen LogP contribution in [0, 0.1) is 10.1 Å².